The fourth-order valence-electron chi connectivity index (χ4n) is 3.14. The predicted molar refractivity (Wildman–Crippen MR) is 122 cm³/mol. The van der Waals surface area contributed by atoms with Crippen LogP contribution < -0.4 is 11.1 Å². The van der Waals surface area contributed by atoms with Gasteiger partial charge in [-0.1, -0.05) is 59.6 Å². The highest BCUT2D eigenvalue weighted by molar-refractivity contribution is 6.34. The topological polar surface area (TPSA) is 90.0 Å². The van der Waals surface area contributed by atoms with Crippen LogP contribution in [0.3, 0.4) is 0 Å². The maximum atomic E-state index is 13.2. The molecule has 0 bridgehead atoms. The van der Waals surface area contributed by atoms with Crippen molar-refractivity contribution < 1.29 is 9.59 Å². The molecule has 154 valence electrons. The smallest absolute Gasteiger partial charge is 0.259 e. The van der Waals surface area contributed by atoms with Crippen molar-refractivity contribution >= 4 is 29.1 Å². The first-order valence-electron chi connectivity index (χ1n) is 9.55. The summed E-state index contributed by atoms with van der Waals surface area (Å²) in [5.74, 6) is -1.01. The largest absolute Gasteiger partial charge is 0.366 e. The van der Waals surface area contributed by atoms with Gasteiger partial charge in [0.2, 0.25) is 5.91 Å². The van der Waals surface area contributed by atoms with Crippen molar-refractivity contribution in [2.45, 2.75) is 6.92 Å². The average molecular weight is 431 g/mol. The van der Waals surface area contributed by atoms with E-state index in [1.165, 1.54) is 18.2 Å². The number of carbonyl (C=O) groups is 2. The molecule has 0 aliphatic rings. The second-order valence-corrected chi connectivity index (χ2v) is 7.46. The van der Waals surface area contributed by atoms with Gasteiger partial charge in [0.05, 0.1) is 22.0 Å². The molecule has 1 heterocycles. The molecule has 1 aromatic heterocycles. The summed E-state index contributed by atoms with van der Waals surface area (Å²) >= 11 is 6.22. The van der Waals surface area contributed by atoms with Crippen LogP contribution in [-0.2, 0) is 0 Å². The summed E-state index contributed by atoms with van der Waals surface area (Å²) in [4.78, 5) is 24.7. The highest BCUT2D eigenvalue weighted by Gasteiger charge is 2.20. The van der Waals surface area contributed by atoms with Crippen LogP contribution in [0.5, 0.6) is 0 Å². The summed E-state index contributed by atoms with van der Waals surface area (Å²) < 4.78 is 1.66. The fraction of sp³-hybridized carbons (Fsp3) is 0.0417. The van der Waals surface area contributed by atoms with E-state index in [1.54, 1.807) is 10.9 Å². The third-order valence-electron chi connectivity index (χ3n) is 4.80. The van der Waals surface area contributed by atoms with Gasteiger partial charge in [0, 0.05) is 17.3 Å². The van der Waals surface area contributed by atoms with Crippen LogP contribution in [0, 0.1) is 6.92 Å². The van der Waals surface area contributed by atoms with Gasteiger partial charge in [-0.3, -0.25) is 9.59 Å². The van der Waals surface area contributed by atoms with E-state index in [0.717, 1.165) is 16.8 Å². The van der Waals surface area contributed by atoms with E-state index in [4.69, 9.17) is 17.3 Å². The van der Waals surface area contributed by atoms with Gasteiger partial charge in [0.25, 0.3) is 5.91 Å². The number of hydrogen-bond donors (Lipinski definition) is 2. The predicted octanol–water partition coefficient (Wildman–Crippen LogP) is 4.85. The number of carbonyl (C=O) groups excluding carboxylic acids is 2. The van der Waals surface area contributed by atoms with E-state index in [0.29, 0.717) is 22.0 Å². The number of nitrogens with zero attached hydrogens (tertiary/aromatic N) is 2. The lowest BCUT2D eigenvalue weighted by atomic mass is 10.1. The number of hydrogen-bond acceptors (Lipinski definition) is 3. The van der Waals surface area contributed by atoms with E-state index >= 15 is 0 Å². The number of nitrogens with one attached hydrogen (secondary N) is 1. The first-order valence-corrected chi connectivity index (χ1v) is 9.93. The summed E-state index contributed by atoms with van der Waals surface area (Å²) in [5, 5.41) is 7.73. The van der Waals surface area contributed by atoms with Crippen LogP contribution in [0.2, 0.25) is 5.02 Å². The Balaban J connectivity index is 1.76. The molecule has 4 aromatic rings. The molecule has 0 spiro atoms. The molecule has 0 fully saturated rings. The fourth-order valence-corrected chi connectivity index (χ4v) is 3.31. The molecule has 0 saturated heterocycles. The first kappa shape index (κ1) is 20.4. The normalized spacial score (nSPS) is 10.6. The number of rotatable bonds is 5. The molecular weight excluding hydrogens is 412 g/mol. The number of aryl methyl sites for hydroxylation is 1. The zero-order valence-electron chi connectivity index (χ0n) is 16.7. The minimum atomic E-state index is -0.607. The zero-order valence-corrected chi connectivity index (χ0v) is 17.4. The number of nitrogens with two attached hydrogens (primary N) is 1. The molecule has 0 aliphatic carbocycles. The molecular formula is C24H19ClN4O2. The highest BCUT2D eigenvalue weighted by Crippen LogP contribution is 2.27. The quantitative estimate of drug-likeness (QED) is 0.474. The molecule has 6 nitrogen and oxygen atoms in total. The molecule has 3 aromatic carbocycles. The maximum Gasteiger partial charge on any atom is 0.259 e. The van der Waals surface area contributed by atoms with E-state index in [2.05, 4.69) is 10.4 Å². The number of aromatic nitrogens is 2. The lowest BCUT2D eigenvalue weighted by molar-refractivity contribution is 0.0996. The minimum Gasteiger partial charge on any atom is -0.366 e. The average Bonchev–Trinajstić information content (AvgIpc) is 3.22. The Hall–Kier alpha value is -3.90. The first-order chi connectivity index (χ1) is 14.9. The van der Waals surface area contributed by atoms with E-state index in [9.17, 15) is 9.59 Å². The molecule has 2 amide bonds. The van der Waals surface area contributed by atoms with Crippen molar-refractivity contribution in [1.29, 1.82) is 0 Å². The van der Waals surface area contributed by atoms with Crippen LogP contribution in [0.25, 0.3) is 16.9 Å². The van der Waals surface area contributed by atoms with E-state index < -0.39 is 11.8 Å². The minimum absolute atomic E-state index is 0.248. The Labute approximate surface area is 184 Å². The summed E-state index contributed by atoms with van der Waals surface area (Å²) in [5.41, 5.74) is 9.54. The van der Waals surface area contributed by atoms with Gasteiger partial charge in [0.1, 0.15) is 5.69 Å². The van der Waals surface area contributed by atoms with Gasteiger partial charge in [-0.15, -0.1) is 0 Å². The summed E-state index contributed by atoms with van der Waals surface area (Å²) in [6.07, 6.45) is 1.67. The standard InChI is InChI=1S/C24H19ClN4O2/c1-15-7-10-18(11-8-15)29-14-19(22(28-29)16-5-3-2-4-6-16)24(31)27-21-13-17(23(26)30)9-12-20(21)25/h2-14H,1H3,(H2,26,30)(H,27,31). The molecule has 7 heteroatoms. The number of anilines is 1. The third-order valence-corrected chi connectivity index (χ3v) is 5.13. The van der Waals surface area contributed by atoms with Crippen LogP contribution in [0.15, 0.2) is 79.0 Å². The van der Waals surface area contributed by atoms with Gasteiger partial charge in [0.15, 0.2) is 0 Å². The van der Waals surface area contributed by atoms with Crippen LogP contribution >= 0.6 is 11.6 Å². The molecule has 0 unspecified atom stereocenters. The molecule has 0 atom stereocenters. The van der Waals surface area contributed by atoms with Crippen LogP contribution in [-0.4, -0.2) is 21.6 Å². The summed E-state index contributed by atoms with van der Waals surface area (Å²) in [6, 6.07) is 21.8. The van der Waals surface area contributed by atoms with Gasteiger partial charge in [-0.2, -0.15) is 5.10 Å². The zero-order chi connectivity index (χ0) is 22.0. The van der Waals surface area contributed by atoms with Gasteiger partial charge < -0.3 is 11.1 Å². The van der Waals surface area contributed by atoms with Crippen LogP contribution in [0.4, 0.5) is 5.69 Å². The van der Waals surface area contributed by atoms with Crippen molar-refractivity contribution in [3.05, 3.63) is 101 Å². The second-order valence-electron chi connectivity index (χ2n) is 7.05. The number of benzene rings is 3. The number of halogens is 1. The summed E-state index contributed by atoms with van der Waals surface area (Å²) in [7, 11) is 0. The van der Waals surface area contributed by atoms with E-state index in [-0.39, 0.29) is 5.56 Å². The van der Waals surface area contributed by atoms with Crippen molar-refractivity contribution in [2.24, 2.45) is 5.73 Å². The lowest BCUT2D eigenvalue weighted by Crippen LogP contribution is -2.15. The Morgan fingerprint density at radius 3 is 2.39 bits per heavy atom. The molecule has 0 aliphatic heterocycles. The molecule has 0 saturated carbocycles. The van der Waals surface area contributed by atoms with Crippen LogP contribution in [0.1, 0.15) is 26.3 Å². The Bertz CT molecular complexity index is 1260. The molecule has 31 heavy (non-hydrogen) atoms. The van der Waals surface area contributed by atoms with Gasteiger partial charge in [-0.25, -0.2) is 4.68 Å². The number of amides is 2. The Kier molecular flexibility index (Phi) is 5.56. The van der Waals surface area contributed by atoms with Crippen molar-refractivity contribution in [1.82, 2.24) is 9.78 Å². The number of primary amides is 1. The monoisotopic (exact) mass is 430 g/mol. The Morgan fingerprint density at radius 1 is 1.00 bits per heavy atom. The SMILES string of the molecule is Cc1ccc(-n2cc(C(=O)Nc3cc(C(N)=O)ccc3Cl)c(-c3ccccc3)n2)cc1. The molecule has 4 rings (SSSR count). The van der Waals surface area contributed by atoms with E-state index in [1.807, 2.05) is 61.5 Å². The van der Waals surface area contributed by atoms with Crippen molar-refractivity contribution in [3.63, 3.8) is 0 Å². The van der Waals surface area contributed by atoms with Gasteiger partial charge >= 0.3 is 0 Å². The maximum absolute atomic E-state index is 13.2. The molecule has 0 radical (unpaired) electrons. The van der Waals surface area contributed by atoms with Gasteiger partial charge in [-0.05, 0) is 37.3 Å². The third kappa shape index (κ3) is 4.34. The summed E-state index contributed by atoms with van der Waals surface area (Å²) in [6.45, 7) is 2.01. The van der Waals surface area contributed by atoms with Crippen molar-refractivity contribution in [2.75, 3.05) is 5.32 Å². The molecule has 3 N–H and O–H groups in total. The lowest BCUT2D eigenvalue weighted by Gasteiger charge is -2.08. The van der Waals surface area contributed by atoms with Crippen molar-refractivity contribution in [3.8, 4) is 16.9 Å². The Morgan fingerprint density at radius 2 is 1.71 bits per heavy atom. The highest BCUT2D eigenvalue weighted by atomic mass is 35.5. The second kappa shape index (κ2) is 8.45.